The van der Waals surface area contributed by atoms with Crippen molar-refractivity contribution in [3.05, 3.63) is 64.1 Å². The maximum absolute atomic E-state index is 12.4. The van der Waals surface area contributed by atoms with Gasteiger partial charge in [-0.15, -0.1) is 10.2 Å². The number of amides is 1. The number of aromatic hydroxyl groups is 1. The van der Waals surface area contributed by atoms with Crippen LogP contribution in [0.3, 0.4) is 0 Å². The summed E-state index contributed by atoms with van der Waals surface area (Å²) < 4.78 is 5.12. The number of nitrogens with one attached hydrogen (secondary N) is 1. The Hall–Kier alpha value is -2.97. The lowest BCUT2D eigenvalue weighted by atomic mass is 9.89. The molecule has 8 heteroatoms. The Kier molecular flexibility index (Phi) is 6.25. The van der Waals surface area contributed by atoms with E-state index in [2.05, 4.69) is 20.4 Å². The zero-order valence-corrected chi connectivity index (χ0v) is 17.6. The zero-order chi connectivity index (χ0) is 20.9. The standard InChI is InChI=1S/C22H24N4O3S/c1-29-19-8-4-17(5-9-19)23-21(28)22-25-24-20(30-22)14-26-12-10-16(11-13-26)15-2-6-18(27)7-3-15/h2-9,16,27H,10-14H2,1H3,(H,23,28). The van der Waals surface area contributed by atoms with E-state index in [1.54, 1.807) is 43.5 Å². The summed E-state index contributed by atoms with van der Waals surface area (Å²) in [5.41, 5.74) is 1.97. The second-order valence-electron chi connectivity index (χ2n) is 7.33. The molecule has 156 valence electrons. The van der Waals surface area contributed by atoms with Crippen molar-refractivity contribution in [3.63, 3.8) is 0 Å². The monoisotopic (exact) mass is 424 g/mol. The molecule has 4 rings (SSSR count). The van der Waals surface area contributed by atoms with Crippen molar-refractivity contribution in [1.29, 1.82) is 0 Å². The molecule has 0 bridgehead atoms. The van der Waals surface area contributed by atoms with Crippen LogP contribution in [0.15, 0.2) is 48.5 Å². The number of hydrogen-bond acceptors (Lipinski definition) is 7. The van der Waals surface area contributed by atoms with Gasteiger partial charge in [-0.25, -0.2) is 0 Å². The van der Waals surface area contributed by atoms with Gasteiger partial charge >= 0.3 is 0 Å². The molecule has 1 aliphatic rings. The molecule has 2 aromatic carbocycles. The normalized spacial score (nSPS) is 15.1. The molecule has 2 heterocycles. The largest absolute Gasteiger partial charge is 0.508 e. The van der Waals surface area contributed by atoms with E-state index in [-0.39, 0.29) is 5.91 Å². The number of rotatable bonds is 6. The summed E-state index contributed by atoms with van der Waals surface area (Å²) in [6, 6.07) is 14.7. The van der Waals surface area contributed by atoms with Crippen LogP contribution in [0.2, 0.25) is 0 Å². The SMILES string of the molecule is COc1ccc(NC(=O)c2nnc(CN3CCC(c4ccc(O)cc4)CC3)s2)cc1. The molecule has 0 aliphatic carbocycles. The van der Waals surface area contributed by atoms with E-state index in [1.807, 2.05) is 12.1 Å². The van der Waals surface area contributed by atoms with Gasteiger partial charge in [-0.2, -0.15) is 0 Å². The number of hydrogen-bond donors (Lipinski definition) is 2. The van der Waals surface area contributed by atoms with Gasteiger partial charge in [-0.3, -0.25) is 9.69 Å². The molecule has 1 aromatic heterocycles. The molecular weight excluding hydrogens is 400 g/mol. The highest BCUT2D eigenvalue weighted by Gasteiger charge is 2.22. The molecule has 0 unspecified atom stereocenters. The Balaban J connectivity index is 1.29. The molecule has 0 spiro atoms. The van der Waals surface area contributed by atoms with Gasteiger partial charge in [-0.1, -0.05) is 23.5 Å². The van der Waals surface area contributed by atoms with Crippen molar-refractivity contribution in [2.45, 2.75) is 25.3 Å². The number of aromatic nitrogens is 2. The first kappa shape index (κ1) is 20.3. The van der Waals surface area contributed by atoms with Crippen molar-refractivity contribution in [1.82, 2.24) is 15.1 Å². The fraction of sp³-hybridized carbons (Fsp3) is 0.318. The van der Waals surface area contributed by atoms with Crippen LogP contribution < -0.4 is 10.1 Å². The van der Waals surface area contributed by atoms with Crippen molar-refractivity contribution >= 4 is 22.9 Å². The van der Waals surface area contributed by atoms with Gasteiger partial charge in [0.2, 0.25) is 5.01 Å². The summed E-state index contributed by atoms with van der Waals surface area (Å²) in [4.78, 5) is 14.8. The Morgan fingerprint density at radius 1 is 1.13 bits per heavy atom. The average Bonchev–Trinajstić information content (AvgIpc) is 3.24. The van der Waals surface area contributed by atoms with Gasteiger partial charge in [0.05, 0.1) is 13.7 Å². The Morgan fingerprint density at radius 2 is 1.83 bits per heavy atom. The molecule has 1 amide bonds. The highest BCUT2D eigenvalue weighted by molar-refractivity contribution is 7.13. The second-order valence-corrected chi connectivity index (χ2v) is 8.39. The van der Waals surface area contributed by atoms with Crippen molar-refractivity contribution in [2.75, 3.05) is 25.5 Å². The molecule has 1 aliphatic heterocycles. The summed E-state index contributed by atoms with van der Waals surface area (Å²) in [5, 5.41) is 21.8. The minimum Gasteiger partial charge on any atom is -0.508 e. The number of ether oxygens (including phenoxy) is 1. The molecule has 0 atom stereocenters. The van der Waals surface area contributed by atoms with Gasteiger partial charge in [-0.05, 0) is 73.8 Å². The zero-order valence-electron chi connectivity index (χ0n) is 16.7. The van der Waals surface area contributed by atoms with Crippen molar-refractivity contribution in [3.8, 4) is 11.5 Å². The second kappa shape index (κ2) is 9.23. The number of benzene rings is 2. The lowest BCUT2D eigenvalue weighted by molar-refractivity contribution is 0.102. The summed E-state index contributed by atoms with van der Waals surface area (Å²) >= 11 is 1.33. The highest BCUT2D eigenvalue weighted by atomic mass is 32.1. The van der Waals surface area contributed by atoms with Crippen LogP contribution in [0.5, 0.6) is 11.5 Å². The molecule has 3 aromatic rings. The lowest BCUT2D eigenvalue weighted by Crippen LogP contribution is -2.32. The maximum atomic E-state index is 12.4. The fourth-order valence-electron chi connectivity index (χ4n) is 3.63. The minimum absolute atomic E-state index is 0.255. The summed E-state index contributed by atoms with van der Waals surface area (Å²) in [6.07, 6.45) is 2.13. The predicted molar refractivity (Wildman–Crippen MR) is 116 cm³/mol. The van der Waals surface area contributed by atoms with Crippen molar-refractivity contribution in [2.24, 2.45) is 0 Å². The van der Waals surface area contributed by atoms with Crippen LogP contribution in [0.1, 0.15) is 39.1 Å². The first-order valence-corrected chi connectivity index (χ1v) is 10.7. The number of carbonyl (C=O) groups is 1. The molecule has 2 N–H and O–H groups in total. The Bertz CT molecular complexity index is 980. The van der Waals surface area contributed by atoms with E-state index in [4.69, 9.17) is 4.74 Å². The summed E-state index contributed by atoms with van der Waals surface area (Å²) in [5.74, 6) is 1.30. The van der Waals surface area contributed by atoms with E-state index < -0.39 is 0 Å². The van der Waals surface area contributed by atoms with Crippen LogP contribution in [-0.2, 0) is 6.54 Å². The van der Waals surface area contributed by atoms with Crippen molar-refractivity contribution < 1.29 is 14.6 Å². The molecule has 1 saturated heterocycles. The topological polar surface area (TPSA) is 87.6 Å². The summed E-state index contributed by atoms with van der Waals surface area (Å²) in [7, 11) is 1.60. The summed E-state index contributed by atoms with van der Waals surface area (Å²) in [6.45, 7) is 2.65. The minimum atomic E-state index is -0.255. The van der Waals surface area contributed by atoms with Crippen LogP contribution in [0.4, 0.5) is 5.69 Å². The first-order valence-electron chi connectivity index (χ1n) is 9.90. The molecule has 0 saturated carbocycles. The van der Waals surface area contributed by atoms with Crippen LogP contribution in [-0.4, -0.2) is 46.3 Å². The maximum Gasteiger partial charge on any atom is 0.286 e. The van der Waals surface area contributed by atoms with E-state index in [0.717, 1.165) is 36.7 Å². The van der Waals surface area contributed by atoms with Gasteiger partial charge in [0.15, 0.2) is 0 Å². The number of carbonyl (C=O) groups excluding carboxylic acids is 1. The number of phenols is 1. The molecule has 30 heavy (non-hydrogen) atoms. The smallest absolute Gasteiger partial charge is 0.286 e. The van der Waals surface area contributed by atoms with E-state index >= 15 is 0 Å². The number of likely N-dealkylation sites (tertiary alicyclic amines) is 1. The van der Waals surface area contributed by atoms with Crippen LogP contribution >= 0.6 is 11.3 Å². The molecular formula is C22H24N4O3S. The van der Waals surface area contributed by atoms with E-state index in [0.29, 0.717) is 28.9 Å². The third-order valence-corrected chi connectivity index (χ3v) is 6.23. The number of phenolic OH excluding ortho intramolecular Hbond substituents is 1. The molecule has 1 fully saturated rings. The number of piperidine rings is 1. The van der Waals surface area contributed by atoms with Gasteiger partial charge in [0.25, 0.3) is 5.91 Å². The third-order valence-electron chi connectivity index (χ3n) is 5.32. The Morgan fingerprint density at radius 3 is 2.50 bits per heavy atom. The Labute approximate surface area is 179 Å². The number of nitrogens with zero attached hydrogens (tertiary/aromatic N) is 3. The van der Waals surface area contributed by atoms with Crippen LogP contribution in [0.25, 0.3) is 0 Å². The third kappa shape index (κ3) is 4.95. The highest BCUT2D eigenvalue weighted by Crippen LogP contribution is 2.30. The predicted octanol–water partition coefficient (Wildman–Crippen LogP) is 3.88. The van der Waals surface area contributed by atoms with Crippen LogP contribution in [0, 0.1) is 0 Å². The van der Waals surface area contributed by atoms with E-state index in [1.165, 1.54) is 16.9 Å². The average molecular weight is 425 g/mol. The lowest BCUT2D eigenvalue weighted by Gasteiger charge is -2.31. The molecule has 0 radical (unpaired) electrons. The number of anilines is 1. The van der Waals surface area contributed by atoms with Gasteiger partial charge in [0, 0.05) is 5.69 Å². The quantitative estimate of drug-likeness (QED) is 0.624. The fourth-order valence-corrected chi connectivity index (χ4v) is 4.41. The number of methoxy groups -OCH3 is 1. The molecule has 7 nitrogen and oxygen atoms in total. The first-order chi connectivity index (χ1) is 14.6. The van der Waals surface area contributed by atoms with E-state index in [9.17, 15) is 9.90 Å². The van der Waals surface area contributed by atoms with Gasteiger partial charge in [0.1, 0.15) is 16.5 Å². The van der Waals surface area contributed by atoms with Gasteiger partial charge < -0.3 is 15.2 Å².